The monoisotopic (exact) mass is 483 g/mol. The highest BCUT2D eigenvalue weighted by atomic mass is 32.2. The van der Waals surface area contributed by atoms with E-state index in [-0.39, 0.29) is 17.9 Å². The number of benzene rings is 1. The lowest BCUT2D eigenvalue weighted by atomic mass is 10.1. The van der Waals surface area contributed by atoms with Crippen molar-refractivity contribution in [3.63, 3.8) is 0 Å². The smallest absolute Gasteiger partial charge is 0.264 e. The van der Waals surface area contributed by atoms with Gasteiger partial charge in [0.1, 0.15) is 0 Å². The Morgan fingerprint density at radius 1 is 1.12 bits per heavy atom. The lowest BCUT2D eigenvalue weighted by Gasteiger charge is -2.39. The summed E-state index contributed by atoms with van der Waals surface area (Å²) in [7, 11) is 0. The zero-order valence-corrected chi connectivity index (χ0v) is 20.6. The fraction of sp³-hybridized carbons (Fsp3) is 0.417. The zero-order valence-electron chi connectivity index (χ0n) is 19.0. The van der Waals surface area contributed by atoms with Crippen LogP contribution in [-0.2, 0) is 11.3 Å². The second-order valence-electron chi connectivity index (χ2n) is 8.03. The van der Waals surface area contributed by atoms with Crippen LogP contribution in [0.3, 0.4) is 0 Å². The lowest BCUT2D eigenvalue weighted by Crippen LogP contribution is -2.55. The fourth-order valence-corrected chi connectivity index (χ4v) is 5.67. The van der Waals surface area contributed by atoms with Gasteiger partial charge in [0, 0.05) is 50.0 Å². The minimum atomic E-state index is 0.0196. The van der Waals surface area contributed by atoms with Crippen molar-refractivity contribution in [2.24, 2.45) is 0 Å². The first kappa shape index (κ1) is 23.5. The standard InChI is InChI=1S/C24H29N5O2S2/c1-3-28-22(19-9-5-4-6-10-19)25-26-24(28)33-16-8-12-21(30)27-13-14-29(18(2)17-27)23(31)20-11-7-15-32-20/h4-7,9-11,15,18H,3,8,12-14,16-17H2,1-2H3. The molecule has 1 aliphatic rings. The third-order valence-corrected chi connectivity index (χ3v) is 7.72. The average Bonchev–Trinajstić information content (AvgIpc) is 3.52. The zero-order chi connectivity index (χ0) is 23.2. The van der Waals surface area contributed by atoms with Gasteiger partial charge in [-0.05, 0) is 31.7 Å². The minimum absolute atomic E-state index is 0.0196. The normalized spacial score (nSPS) is 16.2. The van der Waals surface area contributed by atoms with Crippen LogP contribution in [0.2, 0.25) is 0 Å². The number of thioether (sulfide) groups is 1. The Hall–Kier alpha value is -2.65. The summed E-state index contributed by atoms with van der Waals surface area (Å²) in [6, 6.07) is 13.8. The Labute approximate surface area is 202 Å². The van der Waals surface area contributed by atoms with Gasteiger partial charge in [0.25, 0.3) is 5.91 Å². The quantitative estimate of drug-likeness (QED) is 0.353. The van der Waals surface area contributed by atoms with Crippen LogP contribution in [-0.4, -0.2) is 67.8 Å². The molecule has 3 heterocycles. The van der Waals surface area contributed by atoms with Crippen molar-refractivity contribution in [3.8, 4) is 11.4 Å². The number of rotatable bonds is 8. The van der Waals surface area contributed by atoms with Crippen LogP contribution < -0.4 is 0 Å². The van der Waals surface area contributed by atoms with Gasteiger partial charge in [-0.15, -0.1) is 21.5 Å². The van der Waals surface area contributed by atoms with Gasteiger partial charge in [-0.25, -0.2) is 0 Å². The Bertz CT molecular complexity index is 1070. The topological polar surface area (TPSA) is 71.3 Å². The van der Waals surface area contributed by atoms with Gasteiger partial charge in [0.2, 0.25) is 5.91 Å². The molecule has 0 N–H and O–H groups in total. The van der Waals surface area contributed by atoms with Crippen molar-refractivity contribution in [1.82, 2.24) is 24.6 Å². The highest BCUT2D eigenvalue weighted by Crippen LogP contribution is 2.25. The molecule has 174 valence electrons. The van der Waals surface area contributed by atoms with Gasteiger partial charge in [0.05, 0.1) is 4.88 Å². The van der Waals surface area contributed by atoms with Gasteiger partial charge in [-0.2, -0.15) is 0 Å². The summed E-state index contributed by atoms with van der Waals surface area (Å²) in [5.74, 6) is 1.91. The number of amides is 2. The number of thiophene rings is 1. The van der Waals surface area contributed by atoms with E-state index in [2.05, 4.69) is 21.7 Å². The van der Waals surface area contributed by atoms with E-state index in [1.54, 1.807) is 11.8 Å². The van der Waals surface area contributed by atoms with Crippen molar-refractivity contribution in [3.05, 3.63) is 52.7 Å². The van der Waals surface area contributed by atoms with E-state index < -0.39 is 0 Å². The van der Waals surface area contributed by atoms with Gasteiger partial charge < -0.3 is 14.4 Å². The van der Waals surface area contributed by atoms with Gasteiger partial charge in [-0.1, -0.05) is 48.2 Å². The molecule has 33 heavy (non-hydrogen) atoms. The second-order valence-corrected chi connectivity index (χ2v) is 10.0. The Balaban J connectivity index is 1.24. The molecule has 2 aromatic heterocycles. The molecule has 0 spiro atoms. The number of piperazine rings is 1. The van der Waals surface area contributed by atoms with Crippen LogP contribution in [0.4, 0.5) is 0 Å². The molecule has 1 saturated heterocycles. The highest BCUT2D eigenvalue weighted by Gasteiger charge is 2.30. The van der Waals surface area contributed by atoms with Crippen LogP contribution in [0.5, 0.6) is 0 Å². The minimum Gasteiger partial charge on any atom is -0.339 e. The molecule has 2 amide bonds. The van der Waals surface area contributed by atoms with E-state index >= 15 is 0 Å². The Morgan fingerprint density at radius 2 is 1.94 bits per heavy atom. The van der Waals surface area contributed by atoms with E-state index in [1.807, 2.05) is 64.6 Å². The Morgan fingerprint density at radius 3 is 2.64 bits per heavy atom. The molecule has 1 atom stereocenters. The summed E-state index contributed by atoms with van der Waals surface area (Å²) in [5.41, 5.74) is 1.06. The van der Waals surface area contributed by atoms with E-state index in [0.29, 0.717) is 26.1 Å². The molecule has 1 unspecified atom stereocenters. The SMILES string of the molecule is CCn1c(SCCCC(=O)N2CCN(C(=O)c3cccs3)C(C)C2)nnc1-c1ccccc1. The number of nitrogens with zero attached hydrogens (tertiary/aromatic N) is 5. The van der Waals surface area contributed by atoms with Crippen molar-refractivity contribution >= 4 is 34.9 Å². The number of carbonyl (C=O) groups excluding carboxylic acids is 2. The molecule has 0 aliphatic carbocycles. The summed E-state index contributed by atoms with van der Waals surface area (Å²) >= 11 is 3.11. The second kappa shape index (κ2) is 11.0. The molecule has 7 nitrogen and oxygen atoms in total. The van der Waals surface area contributed by atoms with Crippen molar-refractivity contribution < 1.29 is 9.59 Å². The van der Waals surface area contributed by atoms with Crippen LogP contribution in [0.15, 0.2) is 53.0 Å². The third kappa shape index (κ3) is 5.47. The molecule has 1 aromatic carbocycles. The molecule has 3 aromatic rings. The van der Waals surface area contributed by atoms with Crippen LogP contribution in [0.25, 0.3) is 11.4 Å². The molecule has 0 radical (unpaired) electrons. The van der Waals surface area contributed by atoms with Gasteiger partial charge in [-0.3, -0.25) is 9.59 Å². The first-order chi connectivity index (χ1) is 16.1. The van der Waals surface area contributed by atoms with Crippen molar-refractivity contribution in [1.29, 1.82) is 0 Å². The molecule has 1 fully saturated rings. The number of carbonyl (C=O) groups is 2. The summed E-state index contributed by atoms with van der Waals surface area (Å²) in [6.07, 6.45) is 1.29. The summed E-state index contributed by atoms with van der Waals surface area (Å²) in [5, 5.41) is 11.6. The van der Waals surface area contributed by atoms with Gasteiger partial charge in [0.15, 0.2) is 11.0 Å². The van der Waals surface area contributed by atoms with Gasteiger partial charge >= 0.3 is 0 Å². The predicted molar refractivity (Wildman–Crippen MR) is 132 cm³/mol. The molecule has 0 saturated carbocycles. The maximum atomic E-state index is 12.8. The average molecular weight is 484 g/mol. The van der Waals surface area contributed by atoms with Crippen LogP contribution >= 0.6 is 23.1 Å². The summed E-state index contributed by atoms with van der Waals surface area (Å²) < 4.78 is 2.12. The highest BCUT2D eigenvalue weighted by molar-refractivity contribution is 7.99. The number of hydrogen-bond donors (Lipinski definition) is 0. The maximum Gasteiger partial charge on any atom is 0.264 e. The Kier molecular flexibility index (Phi) is 7.82. The molecule has 4 rings (SSSR count). The van der Waals surface area contributed by atoms with Crippen molar-refractivity contribution in [2.45, 2.75) is 44.4 Å². The molecular formula is C24H29N5O2S2. The fourth-order valence-electron chi connectivity index (χ4n) is 4.05. The maximum absolute atomic E-state index is 12.8. The number of hydrogen-bond acceptors (Lipinski definition) is 6. The predicted octanol–water partition coefficient (Wildman–Crippen LogP) is 4.27. The molecule has 1 aliphatic heterocycles. The van der Waals surface area contributed by atoms with Crippen molar-refractivity contribution in [2.75, 3.05) is 25.4 Å². The number of aromatic nitrogens is 3. The van der Waals surface area contributed by atoms with E-state index in [9.17, 15) is 9.59 Å². The first-order valence-corrected chi connectivity index (χ1v) is 13.2. The first-order valence-electron chi connectivity index (χ1n) is 11.3. The largest absolute Gasteiger partial charge is 0.339 e. The lowest BCUT2D eigenvalue weighted by molar-refractivity contribution is -0.133. The summed E-state index contributed by atoms with van der Waals surface area (Å²) in [4.78, 5) is 29.9. The van der Waals surface area contributed by atoms with Crippen LogP contribution in [0.1, 0.15) is 36.4 Å². The third-order valence-electron chi connectivity index (χ3n) is 5.80. The van der Waals surface area contributed by atoms with E-state index in [1.165, 1.54) is 11.3 Å². The van der Waals surface area contributed by atoms with E-state index in [0.717, 1.165) is 40.1 Å². The molecule has 0 bridgehead atoms. The molecule has 9 heteroatoms. The van der Waals surface area contributed by atoms with E-state index in [4.69, 9.17) is 0 Å². The summed E-state index contributed by atoms with van der Waals surface area (Å²) in [6.45, 7) is 6.67. The van der Waals surface area contributed by atoms with Crippen LogP contribution in [0, 0.1) is 0 Å². The molecular weight excluding hydrogens is 454 g/mol.